The predicted molar refractivity (Wildman–Crippen MR) is 46.8 cm³/mol. The van der Waals surface area contributed by atoms with E-state index in [1.807, 2.05) is 5.38 Å². The molecule has 2 nitrogen and oxygen atoms in total. The van der Waals surface area contributed by atoms with Gasteiger partial charge in [0.25, 0.3) is 0 Å². The van der Waals surface area contributed by atoms with Gasteiger partial charge in [0.05, 0.1) is 5.69 Å². The normalized spacial score (nSPS) is 13.9. The van der Waals surface area contributed by atoms with E-state index < -0.39 is 6.10 Å². The summed E-state index contributed by atoms with van der Waals surface area (Å²) >= 11 is 1.52. The minimum Gasteiger partial charge on any atom is -0.386 e. The molecule has 0 aliphatic carbocycles. The van der Waals surface area contributed by atoms with Crippen LogP contribution in [-0.2, 0) is 0 Å². The first-order valence-corrected chi connectivity index (χ1v) is 4.62. The first-order chi connectivity index (χ1) is 5.11. The first kappa shape index (κ1) is 8.68. The molecule has 0 aliphatic rings. The molecular weight excluding hydrogens is 158 g/mol. The summed E-state index contributed by atoms with van der Waals surface area (Å²) in [5, 5.41) is 12.0. The Hall–Kier alpha value is -0.410. The van der Waals surface area contributed by atoms with Gasteiger partial charge in [-0.1, -0.05) is 13.8 Å². The summed E-state index contributed by atoms with van der Waals surface area (Å²) in [7, 11) is 0. The molecule has 0 aromatic carbocycles. The Balaban J connectivity index is 2.82. The molecule has 1 unspecified atom stereocenters. The van der Waals surface area contributed by atoms with Gasteiger partial charge in [-0.15, -0.1) is 11.3 Å². The van der Waals surface area contributed by atoms with Gasteiger partial charge in [0.1, 0.15) is 11.1 Å². The summed E-state index contributed by atoms with van der Waals surface area (Å²) in [6.45, 7) is 5.94. The molecule has 62 valence electrons. The highest BCUT2D eigenvalue weighted by atomic mass is 32.1. The van der Waals surface area contributed by atoms with Gasteiger partial charge in [-0.05, 0) is 12.8 Å². The summed E-state index contributed by atoms with van der Waals surface area (Å²) in [6, 6.07) is 0. The molecular formula is C8H13NOS. The van der Waals surface area contributed by atoms with Gasteiger partial charge in [0, 0.05) is 5.38 Å². The number of aliphatic hydroxyl groups is 1. The fraction of sp³-hybridized carbons (Fsp3) is 0.625. The third-order valence-corrected chi connectivity index (χ3v) is 2.52. The van der Waals surface area contributed by atoms with Gasteiger partial charge >= 0.3 is 0 Å². The van der Waals surface area contributed by atoms with E-state index in [2.05, 4.69) is 18.8 Å². The molecule has 1 atom stereocenters. The summed E-state index contributed by atoms with van der Waals surface area (Å²) in [6.07, 6.45) is -0.424. The molecule has 11 heavy (non-hydrogen) atoms. The maximum absolute atomic E-state index is 9.17. The topological polar surface area (TPSA) is 33.1 Å². The minimum atomic E-state index is -0.424. The van der Waals surface area contributed by atoms with Crippen molar-refractivity contribution in [1.29, 1.82) is 0 Å². The average Bonchev–Trinajstić information content (AvgIpc) is 2.33. The van der Waals surface area contributed by atoms with Crippen molar-refractivity contribution in [2.75, 3.05) is 0 Å². The molecule has 1 N–H and O–H groups in total. The van der Waals surface area contributed by atoms with Crippen LogP contribution in [0.2, 0.25) is 0 Å². The zero-order valence-electron chi connectivity index (χ0n) is 7.03. The van der Waals surface area contributed by atoms with E-state index in [1.165, 1.54) is 11.3 Å². The van der Waals surface area contributed by atoms with Crippen LogP contribution < -0.4 is 0 Å². The molecule has 1 aromatic rings. The second-order valence-electron chi connectivity index (χ2n) is 2.94. The van der Waals surface area contributed by atoms with Crippen LogP contribution in [0, 0.1) is 0 Å². The monoisotopic (exact) mass is 171 g/mol. The molecule has 1 aromatic heterocycles. The number of rotatable bonds is 2. The molecule has 3 heteroatoms. The Bertz CT molecular complexity index is 207. The second kappa shape index (κ2) is 3.32. The smallest absolute Gasteiger partial charge is 0.121 e. The van der Waals surface area contributed by atoms with Crippen LogP contribution in [0.3, 0.4) is 0 Å². The molecule has 1 rings (SSSR count). The van der Waals surface area contributed by atoms with E-state index in [1.54, 1.807) is 6.92 Å². The molecule has 0 saturated carbocycles. The van der Waals surface area contributed by atoms with Crippen molar-refractivity contribution >= 4 is 11.3 Å². The highest BCUT2D eigenvalue weighted by molar-refractivity contribution is 7.09. The van der Waals surface area contributed by atoms with Crippen molar-refractivity contribution in [3.05, 3.63) is 16.1 Å². The fourth-order valence-electron chi connectivity index (χ4n) is 0.758. The number of hydrogen-bond donors (Lipinski definition) is 1. The molecule has 0 bridgehead atoms. The highest BCUT2D eigenvalue weighted by Gasteiger charge is 2.08. The molecule has 0 radical (unpaired) electrons. The SMILES string of the molecule is CC(C)c1csc(C(C)O)n1. The largest absolute Gasteiger partial charge is 0.386 e. The van der Waals surface area contributed by atoms with Crippen LogP contribution in [0.5, 0.6) is 0 Å². The third-order valence-electron chi connectivity index (χ3n) is 1.49. The van der Waals surface area contributed by atoms with Crippen molar-refractivity contribution < 1.29 is 5.11 Å². The van der Waals surface area contributed by atoms with Crippen LogP contribution in [0.4, 0.5) is 0 Å². The maximum Gasteiger partial charge on any atom is 0.121 e. The van der Waals surface area contributed by atoms with E-state index in [-0.39, 0.29) is 0 Å². The van der Waals surface area contributed by atoms with Crippen molar-refractivity contribution in [1.82, 2.24) is 4.98 Å². The lowest BCUT2D eigenvalue weighted by Crippen LogP contribution is -1.92. The number of aliphatic hydroxyl groups excluding tert-OH is 1. The molecule has 0 spiro atoms. The molecule has 0 amide bonds. The van der Waals surface area contributed by atoms with Crippen molar-refractivity contribution in [3.63, 3.8) is 0 Å². The van der Waals surface area contributed by atoms with Crippen molar-refractivity contribution in [2.24, 2.45) is 0 Å². The van der Waals surface area contributed by atoms with Crippen LogP contribution in [0.1, 0.15) is 43.5 Å². The summed E-state index contributed by atoms with van der Waals surface area (Å²) in [5.74, 6) is 0.457. The zero-order chi connectivity index (χ0) is 8.43. The lowest BCUT2D eigenvalue weighted by Gasteiger charge is -1.98. The Kier molecular flexibility index (Phi) is 2.62. The lowest BCUT2D eigenvalue weighted by molar-refractivity contribution is 0.198. The second-order valence-corrected chi connectivity index (χ2v) is 3.83. The average molecular weight is 171 g/mol. The van der Waals surface area contributed by atoms with Crippen LogP contribution >= 0.6 is 11.3 Å². The van der Waals surface area contributed by atoms with E-state index in [9.17, 15) is 0 Å². The minimum absolute atomic E-state index is 0.424. The van der Waals surface area contributed by atoms with Gasteiger partial charge in [-0.3, -0.25) is 0 Å². The Labute approximate surface area is 70.9 Å². The Morgan fingerprint density at radius 1 is 1.45 bits per heavy atom. The van der Waals surface area contributed by atoms with E-state index in [0.717, 1.165) is 10.7 Å². The van der Waals surface area contributed by atoms with Crippen molar-refractivity contribution in [3.8, 4) is 0 Å². The standard InChI is InChI=1S/C8H13NOS/c1-5(2)7-4-11-8(9-7)6(3)10/h4-6,10H,1-3H3. The molecule has 1 heterocycles. The predicted octanol–water partition coefficient (Wildman–Crippen LogP) is 2.32. The Morgan fingerprint density at radius 2 is 2.09 bits per heavy atom. The van der Waals surface area contributed by atoms with E-state index in [0.29, 0.717) is 5.92 Å². The van der Waals surface area contributed by atoms with Crippen LogP contribution in [-0.4, -0.2) is 10.1 Å². The van der Waals surface area contributed by atoms with Crippen LogP contribution in [0.25, 0.3) is 0 Å². The first-order valence-electron chi connectivity index (χ1n) is 3.74. The number of thiazole rings is 1. The fourth-order valence-corrected chi connectivity index (χ4v) is 1.68. The van der Waals surface area contributed by atoms with Gasteiger partial charge < -0.3 is 5.11 Å². The van der Waals surface area contributed by atoms with Crippen molar-refractivity contribution in [2.45, 2.75) is 32.8 Å². The summed E-state index contributed by atoms with van der Waals surface area (Å²) in [5.41, 5.74) is 1.07. The third kappa shape index (κ3) is 2.01. The van der Waals surface area contributed by atoms with Gasteiger partial charge in [0.15, 0.2) is 0 Å². The number of aromatic nitrogens is 1. The van der Waals surface area contributed by atoms with E-state index in [4.69, 9.17) is 5.11 Å². The van der Waals surface area contributed by atoms with Gasteiger partial charge in [-0.2, -0.15) is 0 Å². The molecule has 0 aliphatic heterocycles. The molecule has 0 saturated heterocycles. The highest BCUT2D eigenvalue weighted by Crippen LogP contribution is 2.21. The van der Waals surface area contributed by atoms with Crippen LogP contribution in [0.15, 0.2) is 5.38 Å². The lowest BCUT2D eigenvalue weighted by atomic mass is 10.2. The summed E-state index contributed by atoms with van der Waals surface area (Å²) < 4.78 is 0. The van der Waals surface area contributed by atoms with Gasteiger partial charge in [-0.25, -0.2) is 4.98 Å². The van der Waals surface area contributed by atoms with Gasteiger partial charge in [0.2, 0.25) is 0 Å². The Morgan fingerprint density at radius 3 is 2.36 bits per heavy atom. The molecule has 0 fully saturated rings. The zero-order valence-corrected chi connectivity index (χ0v) is 7.85. The summed E-state index contributed by atoms with van der Waals surface area (Å²) in [4.78, 5) is 4.28. The quantitative estimate of drug-likeness (QED) is 0.740. The number of nitrogens with zero attached hydrogens (tertiary/aromatic N) is 1. The number of hydrogen-bond acceptors (Lipinski definition) is 3. The maximum atomic E-state index is 9.17. The van der Waals surface area contributed by atoms with E-state index >= 15 is 0 Å².